The second-order valence-electron chi connectivity index (χ2n) is 8.36. The molecule has 2 heterocycles. The molecule has 0 aliphatic carbocycles. The van der Waals surface area contributed by atoms with Gasteiger partial charge in [0, 0.05) is 16.8 Å². The first-order valence-electron chi connectivity index (χ1n) is 11.2. The van der Waals surface area contributed by atoms with E-state index in [1.54, 1.807) is 4.90 Å². The minimum atomic E-state index is 0.323. The van der Waals surface area contributed by atoms with Crippen molar-refractivity contribution in [2.24, 2.45) is 0 Å². The van der Waals surface area contributed by atoms with Crippen LogP contribution in [0.1, 0.15) is 11.1 Å². The van der Waals surface area contributed by atoms with E-state index < -0.39 is 0 Å². The van der Waals surface area contributed by atoms with Gasteiger partial charge in [-0.05, 0) is 24.3 Å². The summed E-state index contributed by atoms with van der Waals surface area (Å²) in [6.07, 6.45) is 2.22. The average Bonchev–Trinajstić information content (AvgIpc) is 3.25. The number of ether oxygens (including phenoxy) is 1. The predicted octanol–water partition coefficient (Wildman–Crippen LogP) is 1.57. The van der Waals surface area contributed by atoms with Crippen molar-refractivity contribution in [3.8, 4) is 5.69 Å². The van der Waals surface area contributed by atoms with Gasteiger partial charge in [0.05, 0.1) is 17.6 Å². The molecule has 1 saturated heterocycles. The summed E-state index contributed by atoms with van der Waals surface area (Å²) in [5.74, 6) is 0. The molecule has 5 rings (SSSR count). The smallest absolute Gasteiger partial charge is 0.155 e. The first kappa shape index (κ1) is 19.9. The quantitative estimate of drug-likeness (QED) is 0.482. The molecule has 3 N–H and O–H groups in total. The maximum atomic E-state index is 6.03. The van der Waals surface area contributed by atoms with Crippen molar-refractivity contribution in [2.75, 3.05) is 26.2 Å². The number of imidazole rings is 1. The van der Waals surface area contributed by atoms with E-state index in [4.69, 9.17) is 4.74 Å². The molecule has 5 nitrogen and oxygen atoms in total. The van der Waals surface area contributed by atoms with Crippen LogP contribution in [0.25, 0.3) is 16.7 Å². The van der Waals surface area contributed by atoms with E-state index >= 15 is 0 Å². The van der Waals surface area contributed by atoms with Gasteiger partial charge in [-0.2, -0.15) is 0 Å². The zero-order chi connectivity index (χ0) is 20.9. The fourth-order valence-electron chi connectivity index (χ4n) is 4.44. The molecule has 1 unspecified atom stereocenters. The van der Waals surface area contributed by atoms with E-state index in [1.165, 1.54) is 11.1 Å². The first-order valence-corrected chi connectivity index (χ1v) is 11.2. The van der Waals surface area contributed by atoms with E-state index in [9.17, 15) is 0 Å². The molecule has 0 radical (unpaired) electrons. The molecule has 1 aromatic heterocycles. The van der Waals surface area contributed by atoms with Crippen molar-refractivity contribution in [1.29, 1.82) is 0 Å². The van der Waals surface area contributed by atoms with Crippen LogP contribution in [0.4, 0.5) is 0 Å². The van der Waals surface area contributed by atoms with Crippen LogP contribution in [0.15, 0.2) is 85.2 Å². The van der Waals surface area contributed by atoms with Crippen molar-refractivity contribution >= 4 is 11.0 Å². The fraction of sp³-hybridized carbons (Fsp3) is 0.269. The summed E-state index contributed by atoms with van der Waals surface area (Å²) >= 11 is 0. The number of para-hydroxylation sites is 2. The lowest BCUT2D eigenvalue weighted by Gasteiger charge is -2.29. The highest BCUT2D eigenvalue weighted by atomic mass is 16.5. The molecule has 2 atom stereocenters. The second-order valence-corrected chi connectivity index (χ2v) is 8.36. The maximum Gasteiger partial charge on any atom is 0.155 e. The Morgan fingerprint density at radius 3 is 2.61 bits per heavy atom. The molecule has 3 aromatic carbocycles. The molecule has 0 spiro atoms. The second kappa shape index (κ2) is 9.43. The Labute approximate surface area is 183 Å². The topological polar surface area (TPSA) is 48.1 Å². The van der Waals surface area contributed by atoms with E-state index in [0.717, 1.165) is 56.1 Å². The molecule has 31 heavy (non-hydrogen) atoms. The Hall–Kier alpha value is -2.99. The van der Waals surface area contributed by atoms with Crippen molar-refractivity contribution < 1.29 is 15.0 Å². The summed E-state index contributed by atoms with van der Waals surface area (Å²) in [6.45, 7) is 6.10. The number of nitrogens with zero attached hydrogens (tertiary/aromatic N) is 2. The Balaban J connectivity index is 1.13. The van der Waals surface area contributed by atoms with Crippen LogP contribution in [-0.2, 0) is 17.8 Å². The Bertz CT molecular complexity index is 1110. The van der Waals surface area contributed by atoms with Gasteiger partial charge in [-0.1, -0.05) is 54.6 Å². The standard InChI is InChI=1S/C26H28N4O/c1-2-6-22(7-3-1)18-29-14-15-31-24(19-29)17-27-16-21-10-12-23(13-11-21)30-20-28-25-8-4-5-9-26(25)30/h1-13,20,24,27H,14-19H2/p+2/t24-/m0/s1. The molecule has 0 saturated carbocycles. The van der Waals surface area contributed by atoms with Crippen LogP contribution in [0.2, 0.25) is 0 Å². The lowest BCUT2D eigenvalue weighted by atomic mass is 10.1. The number of quaternary nitrogens is 2. The molecule has 158 valence electrons. The number of benzene rings is 3. The van der Waals surface area contributed by atoms with Gasteiger partial charge in [-0.3, -0.25) is 4.57 Å². The number of fused-ring (bicyclic) bond motifs is 1. The third-order valence-corrected chi connectivity index (χ3v) is 6.10. The molecule has 5 heteroatoms. The van der Waals surface area contributed by atoms with E-state index in [1.807, 2.05) is 18.5 Å². The highest BCUT2D eigenvalue weighted by molar-refractivity contribution is 5.77. The van der Waals surface area contributed by atoms with E-state index in [-0.39, 0.29) is 0 Å². The van der Waals surface area contributed by atoms with E-state index in [2.05, 4.69) is 81.6 Å². The van der Waals surface area contributed by atoms with Gasteiger partial charge in [0.1, 0.15) is 39.1 Å². The number of nitrogens with two attached hydrogens (primary N) is 1. The number of hydrogen-bond acceptors (Lipinski definition) is 2. The number of aromatic nitrogens is 2. The fourth-order valence-corrected chi connectivity index (χ4v) is 4.44. The van der Waals surface area contributed by atoms with Crippen molar-refractivity contribution in [1.82, 2.24) is 9.55 Å². The Morgan fingerprint density at radius 1 is 0.935 bits per heavy atom. The summed E-state index contributed by atoms with van der Waals surface area (Å²) in [7, 11) is 0. The minimum Gasteiger partial charge on any atom is -0.361 e. The predicted molar refractivity (Wildman–Crippen MR) is 122 cm³/mol. The summed E-state index contributed by atoms with van der Waals surface area (Å²) in [6, 6.07) is 27.8. The average molecular weight is 415 g/mol. The SMILES string of the molecule is c1ccc(C[NH+]2CCO[C@@H](C[NH2+]Cc3ccc(-n4cnc5ccccc54)cc3)C2)cc1. The highest BCUT2D eigenvalue weighted by Gasteiger charge is 2.24. The van der Waals surface area contributed by atoms with Crippen LogP contribution < -0.4 is 10.2 Å². The summed E-state index contributed by atoms with van der Waals surface area (Å²) < 4.78 is 8.17. The molecule has 0 amide bonds. The zero-order valence-corrected chi connectivity index (χ0v) is 17.8. The van der Waals surface area contributed by atoms with Crippen LogP contribution in [0.3, 0.4) is 0 Å². The third-order valence-electron chi connectivity index (χ3n) is 6.10. The van der Waals surface area contributed by atoms with Crippen LogP contribution in [0.5, 0.6) is 0 Å². The lowest BCUT2D eigenvalue weighted by molar-refractivity contribution is -0.927. The molecule has 1 aliphatic rings. The van der Waals surface area contributed by atoms with Gasteiger partial charge in [-0.15, -0.1) is 0 Å². The minimum absolute atomic E-state index is 0.323. The van der Waals surface area contributed by atoms with Gasteiger partial charge in [0.25, 0.3) is 0 Å². The molecule has 4 aromatic rings. The molecule has 1 fully saturated rings. The first-order chi connectivity index (χ1) is 15.3. The maximum absolute atomic E-state index is 6.03. The number of rotatable bonds is 7. The van der Waals surface area contributed by atoms with Gasteiger partial charge in [0.2, 0.25) is 0 Å². The van der Waals surface area contributed by atoms with Crippen LogP contribution in [0, 0.1) is 0 Å². The van der Waals surface area contributed by atoms with E-state index in [0.29, 0.717) is 6.10 Å². The van der Waals surface area contributed by atoms with Crippen LogP contribution in [-0.4, -0.2) is 41.9 Å². The molecule has 1 aliphatic heterocycles. The third kappa shape index (κ3) is 4.85. The zero-order valence-electron chi connectivity index (χ0n) is 17.8. The van der Waals surface area contributed by atoms with Gasteiger partial charge >= 0.3 is 0 Å². The summed E-state index contributed by atoms with van der Waals surface area (Å²) in [4.78, 5) is 6.11. The van der Waals surface area contributed by atoms with Crippen molar-refractivity contribution in [2.45, 2.75) is 19.2 Å². The normalized spacial score (nSPS) is 19.0. The van der Waals surface area contributed by atoms with Crippen LogP contribution >= 0.6 is 0 Å². The summed E-state index contributed by atoms with van der Waals surface area (Å²) in [5, 5.41) is 2.37. The number of nitrogens with one attached hydrogen (secondary N) is 1. The van der Waals surface area contributed by atoms with Gasteiger partial charge in [-0.25, -0.2) is 4.98 Å². The lowest BCUT2D eigenvalue weighted by Crippen LogP contribution is -3.14. The monoisotopic (exact) mass is 414 g/mol. The van der Waals surface area contributed by atoms with Crippen molar-refractivity contribution in [3.63, 3.8) is 0 Å². The molecular weight excluding hydrogens is 384 g/mol. The highest BCUT2D eigenvalue weighted by Crippen LogP contribution is 2.18. The summed E-state index contributed by atoms with van der Waals surface area (Å²) in [5.41, 5.74) is 6.05. The number of morpholine rings is 1. The largest absolute Gasteiger partial charge is 0.361 e. The Morgan fingerprint density at radius 2 is 1.74 bits per heavy atom. The van der Waals surface area contributed by atoms with Gasteiger partial charge in [0.15, 0.2) is 6.10 Å². The van der Waals surface area contributed by atoms with Gasteiger partial charge < -0.3 is 15.0 Å². The Kier molecular flexibility index (Phi) is 6.07. The number of hydrogen-bond donors (Lipinski definition) is 2. The molecular formula is C26H30N4O+2. The molecule has 0 bridgehead atoms. The van der Waals surface area contributed by atoms with Crippen molar-refractivity contribution in [3.05, 3.63) is 96.3 Å².